The summed E-state index contributed by atoms with van der Waals surface area (Å²) in [5.74, 6) is 0.617. The van der Waals surface area contributed by atoms with Crippen LogP contribution < -0.4 is 10.1 Å². The van der Waals surface area contributed by atoms with Gasteiger partial charge in [0.25, 0.3) is 5.91 Å². The van der Waals surface area contributed by atoms with Gasteiger partial charge in [0.2, 0.25) is 0 Å². The molecule has 0 heterocycles. The van der Waals surface area contributed by atoms with Gasteiger partial charge in [-0.15, -0.1) is 0 Å². The zero-order valence-corrected chi connectivity index (χ0v) is 14.5. The number of ether oxygens (including phenoxy) is 1. The molecule has 0 aliphatic carbocycles. The summed E-state index contributed by atoms with van der Waals surface area (Å²) in [6.07, 6.45) is 0. The largest absolute Gasteiger partial charge is 0.495 e. The Labute approximate surface area is 142 Å². The summed E-state index contributed by atoms with van der Waals surface area (Å²) < 4.78 is 5.39. The van der Waals surface area contributed by atoms with Crippen LogP contribution in [0, 0.1) is 0 Å². The van der Waals surface area contributed by atoms with E-state index < -0.39 is 0 Å². The number of benzene rings is 2. The van der Waals surface area contributed by atoms with Gasteiger partial charge in [-0.05, 0) is 36.2 Å². The van der Waals surface area contributed by atoms with Gasteiger partial charge in [0.1, 0.15) is 5.75 Å². The van der Waals surface area contributed by atoms with Crippen molar-refractivity contribution in [2.75, 3.05) is 26.5 Å². The Morgan fingerprint density at radius 2 is 2.00 bits per heavy atom. The topological polar surface area (TPSA) is 61.8 Å². The lowest BCUT2D eigenvalue weighted by Gasteiger charge is -2.20. The Morgan fingerprint density at radius 3 is 2.62 bits per heavy atom. The summed E-state index contributed by atoms with van der Waals surface area (Å²) in [5.41, 5.74) is 3.27. The molecule has 0 aliphatic rings. The third-order valence-electron chi connectivity index (χ3n) is 3.86. The van der Waals surface area contributed by atoms with Crippen molar-refractivity contribution in [1.82, 2.24) is 4.90 Å². The summed E-state index contributed by atoms with van der Waals surface area (Å²) in [6.45, 7) is 2.03. The quantitative estimate of drug-likeness (QED) is 0.855. The van der Waals surface area contributed by atoms with E-state index in [-0.39, 0.29) is 18.6 Å². The minimum atomic E-state index is -0.0596. The molecule has 1 unspecified atom stereocenters. The molecule has 5 nitrogen and oxygen atoms in total. The van der Waals surface area contributed by atoms with Crippen molar-refractivity contribution in [1.29, 1.82) is 0 Å². The molecule has 0 aromatic heterocycles. The van der Waals surface area contributed by atoms with E-state index in [1.807, 2.05) is 31.2 Å². The van der Waals surface area contributed by atoms with Crippen molar-refractivity contribution in [3.8, 4) is 5.75 Å². The molecule has 1 amide bonds. The van der Waals surface area contributed by atoms with Crippen LogP contribution in [0.5, 0.6) is 5.75 Å². The molecule has 24 heavy (non-hydrogen) atoms. The van der Waals surface area contributed by atoms with E-state index in [1.54, 1.807) is 44.3 Å². The van der Waals surface area contributed by atoms with E-state index in [0.29, 0.717) is 11.3 Å². The van der Waals surface area contributed by atoms with E-state index in [1.165, 1.54) is 0 Å². The van der Waals surface area contributed by atoms with Gasteiger partial charge in [-0.2, -0.15) is 0 Å². The molecule has 2 aromatic rings. The molecule has 0 radical (unpaired) electrons. The fourth-order valence-electron chi connectivity index (χ4n) is 2.49. The highest BCUT2D eigenvalue weighted by Gasteiger charge is 2.14. The minimum absolute atomic E-state index is 0.00453. The molecule has 0 spiro atoms. The predicted molar refractivity (Wildman–Crippen MR) is 95.4 cm³/mol. The van der Waals surface area contributed by atoms with Crippen LogP contribution in [0.1, 0.15) is 34.5 Å². The first-order valence-corrected chi connectivity index (χ1v) is 7.82. The molecule has 128 valence electrons. The number of hydrogen-bond donors (Lipinski definition) is 2. The Hall–Kier alpha value is -2.53. The van der Waals surface area contributed by atoms with Crippen LogP contribution in [0.25, 0.3) is 0 Å². The average molecular weight is 328 g/mol. The number of anilines is 1. The lowest BCUT2D eigenvalue weighted by molar-refractivity contribution is 0.0827. The third kappa shape index (κ3) is 4.06. The number of aliphatic hydroxyl groups is 1. The lowest BCUT2D eigenvalue weighted by Crippen LogP contribution is -2.21. The number of carbonyl (C=O) groups is 1. The molecule has 0 saturated carbocycles. The highest BCUT2D eigenvalue weighted by Crippen LogP contribution is 2.30. The Bertz CT molecular complexity index is 714. The Morgan fingerprint density at radius 1 is 1.25 bits per heavy atom. The molecule has 0 aliphatic heterocycles. The lowest BCUT2D eigenvalue weighted by atomic mass is 10.0. The van der Waals surface area contributed by atoms with Crippen molar-refractivity contribution < 1.29 is 14.6 Å². The number of rotatable bonds is 6. The molecular formula is C19H24N2O3. The second-order valence-electron chi connectivity index (χ2n) is 5.88. The van der Waals surface area contributed by atoms with Crippen LogP contribution in [0.15, 0.2) is 42.5 Å². The smallest absolute Gasteiger partial charge is 0.253 e. The molecule has 0 fully saturated rings. The molecule has 5 heteroatoms. The maximum atomic E-state index is 12.2. The number of methoxy groups -OCH3 is 1. The summed E-state index contributed by atoms with van der Waals surface area (Å²) in [5, 5.41) is 12.7. The van der Waals surface area contributed by atoms with Gasteiger partial charge in [0.15, 0.2) is 0 Å². The van der Waals surface area contributed by atoms with E-state index >= 15 is 0 Å². The average Bonchev–Trinajstić information content (AvgIpc) is 2.60. The summed E-state index contributed by atoms with van der Waals surface area (Å²) in [6, 6.07) is 13.1. The van der Waals surface area contributed by atoms with E-state index in [9.17, 15) is 9.90 Å². The standard InChI is InChI=1S/C19H24N2O3/c1-13(15-7-5-6-14(10-15)12-22)20-17-11-16(19(23)21(2)3)8-9-18(17)24-4/h5-11,13,20,22H,12H2,1-4H3. The van der Waals surface area contributed by atoms with Gasteiger partial charge in [-0.3, -0.25) is 4.79 Å². The van der Waals surface area contributed by atoms with Gasteiger partial charge in [-0.25, -0.2) is 0 Å². The van der Waals surface area contributed by atoms with E-state index in [0.717, 1.165) is 16.8 Å². The highest BCUT2D eigenvalue weighted by molar-refractivity contribution is 5.95. The molecule has 2 rings (SSSR count). The molecule has 0 bridgehead atoms. The maximum absolute atomic E-state index is 12.2. The SMILES string of the molecule is COc1ccc(C(=O)N(C)C)cc1NC(C)c1cccc(CO)c1. The highest BCUT2D eigenvalue weighted by atomic mass is 16.5. The second-order valence-corrected chi connectivity index (χ2v) is 5.88. The maximum Gasteiger partial charge on any atom is 0.253 e. The van der Waals surface area contributed by atoms with Gasteiger partial charge in [-0.1, -0.05) is 24.3 Å². The fourth-order valence-corrected chi connectivity index (χ4v) is 2.49. The molecule has 2 N–H and O–H groups in total. The minimum Gasteiger partial charge on any atom is -0.495 e. The van der Waals surface area contributed by atoms with Gasteiger partial charge in [0, 0.05) is 25.7 Å². The first kappa shape index (κ1) is 17.8. The van der Waals surface area contributed by atoms with Crippen LogP contribution in [0.2, 0.25) is 0 Å². The summed E-state index contributed by atoms with van der Waals surface area (Å²) in [4.78, 5) is 13.7. The van der Waals surface area contributed by atoms with Crippen molar-refractivity contribution in [3.63, 3.8) is 0 Å². The van der Waals surface area contributed by atoms with E-state index in [4.69, 9.17) is 4.74 Å². The van der Waals surface area contributed by atoms with Crippen LogP contribution in [-0.2, 0) is 6.61 Å². The Balaban J connectivity index is 2.29. The normalized spacial score (nSPS) is 11.7. The molecule has 0 saturated heterocycles. The first-order valence-electron chi connectivity index (χ1n) is 7.82. The van der Waals surface area contributed by atoms with Gasteiger partial charge in [0.05, 0.1) is 19.4 Å². The van der Waals surface area contributed by atoms with Gasteiger partial charge >= 0.3 is 0 Å². The summed E-state index contributed by atoms with van der Waals surface area (Å²) in [7, 11) is 5.05. The fraction of sp³-hybridized carbons (Fsp3) is 0.316. The van der Waals surface area contributed by atoms with Crippen molar-refractivity contribution in [2.24, 2.45) is 0 Å². The van der Waals surface area contributed by atoms with Crippen LogP contribution in [0.3, 0.4) is 0 Å². The number of amides is 1. The number of carbonyl (C=O) groups excluding carboxylic acids is 1. The zero-order valence-electron chi connectivity index (χ0n) is 14.5. The van der Waals surface area contributed by atoms with Crippen molar-refractivity contribution in [3.05, 3.63) is 59.2 Å². The number of nitrogens with zero attached hydrogens (tertiary/aromatic N) is 1. The first-order chi connectivity index (χ1) is 11.5. The van der Waals surface area contributed by atoms with Crippen molar-refractivity contribution in [2.45, 2.75) is 19.6 Å². The number of hydrogen-bond acceptors (Lipinski definition) is 4. The molecule has 1 atom stereocenters. The summed E-state index contributed by atoms with van der Waals surface area (Å²) >= 11 is 0. The van der Waals surface area contributed by atoms with E-state index in [2.05, 4.69) is 5.32 Å². The monoisotopic (exact) mass is 328 g/mol. The molecular weight excluding hydrogens is 304 g/mol. The third-order valence-corrected chi connectivity index (χ3v) is 3.86. The van der Waals surface area contributed by atoms with Crippen LogP contribution in [0.4, 0.5) is 5.69 Å². The van der Waals surface area contributed by atoms with Gasteiger partial charge < -0.3 is 20.1 Å². The Kier molecular flexibility index (Phi) is 5.82. The predicted octanol–water partition coefficient (Wildman–Crippen LogP) is 3.06. The van der Waals surface area contributed by atoms with Crippen LogP contribution >= 0.6 is 0 Å². The van der Waals surface area contributed by atoms with Crippen LogP contribution in [-0.4, -0.2) is 37.1 Å². The number of nitrogens with one attached hydrogen (secondary N) is 1. The molecule has 2 aromatic carbocycles. The zero-order chi connectivity index (χ0) is 17.7. The second kappa shape index (κ2) is 7.84. The number of aliphatic hydroxyl groups excluding tert-OH is 1. The van der Waals surface area contributed by atoms with Crippen molar-refractivity contribution >= 4 is 11.6 Å².